The lowest BCUT2D eigenvalue weighted by Crippen LogP contribution is -2.38. The lowest BCUT2D eigenvalue weighted by atomic mass is 9.75. The van der Waals surface area contributed by atoms with Gasteiger partial charge in [-0.15, -0.1) is 0 Å². The van der Waals surface area contributed by atoms with Crippen LogP contribution in [-0.4, -0.2) is 5.60 Å². The Kier molecular flexibility index (Phi) is 1.54. The third-order valence-electron chi connectivity index (χ3n) is 3.51. The maximum Gasteiger partial charge on any atom is 0.117 e. The molecule has 0 aromatic heterocycles. The molecule has 0 amide bonds. The summed E-state index contributed by atoms with van der Waals surface area (Å²) < 4.78 is 5.99. The van der Waals surface area contributed by atoms with Crippen molar-refractivity contribution >= 4 is 0 Å². The highest BCUT2D eigenvalue weighted by atomic mass is 16.5. The molecule has 1 nitrogen and oxygen atoms in total. The van der Waals surface area contributed by atoms with E-state index in [1.165, 1.54) is 25.7 Å². The molecule has 12 heavy (non-hydrogen) atoms. The summed E-state index contributed by atoms with van der Waals surface area (Å²) in [7, 11) is 0. The number of hydrogen-bond donors (Lipinski definition) is 0. The van der Waals surface area contributed by atoms with Crippen LogP contribution in [0.25, 0.3) is 0 Å². The highest BCUT2D eigenvalue weighted by molar-refractivity contribution is 5.18. The topological polar surface area (TPSA) is 9.23 Å². The van der Waals surface area contributed by atoms with Crippen LogP contribution in [0.4, 0.5) is 0 Å². The van der Waals surface area contributed by atoms with Gasteiger partial charge in [-0.25, -0.2) is 0 Å². The molecule has 0 saturated heterocycles. The minimum atomic E-state index is 0.164. The van der Waals surface area contributed by atoms with E-state index >= 15 is 0 Å². The van der Waals surface area contributed by atoms with Gasteiger partial charge < -0.3 is 4.74 Å². The Labute approximate surface area is 74.8 Å². The summed E-state index contributed by atoms with van der Waals surface area (Å²) >= 11 is 0. The molecule has 0 N–H and O–H groups in total. The smallest absolute Gasteiger partial charge is 0.117 e. The van der Waals surface area contributed by atoms with Crippen LogP contribution in [0.3, 0.4) is 0 Å². The molecular formula is C11H18O. The molecule has 2 rings (SSSR count). The lowest BCUT2D eigenvalue weighted by Gasteiger charge is -2.36. The fourth-order valence-electron chi connectivity index (χ4n) is 2.80. The van der Waals surface area contributed by atoms with E-state index in [9.17, 15) is 0 Å². The maximum absolute atomic E-state index is 5.99. The summed E-state index contributed by atoms with van der Waals surface area (Å²) in [5, 5.41) is 0. The molecular weight excluding hydrogens is 148 g/mol. The largest absolute Gasteiger partial charge is 0.491 e. The van der Waals surface area contributed by atoms with Crippen LogP contribution < -0.4 is 0 Å². The van der Waals surface area contributed by atoms with Gasteiger partial charge >= 0.3 is 0 Å². The number of ether oxygens (including phenoxy) is 1. The molecule has 0 aromatic carbocycles. The SMILES string of the molecule is CC1=CC(C)(C)C2(CCCC2)O1. The first-order chi connectivity index (χ1) is 5.56. The van der Waals surface area contributed by atoms with Gasteiger partial charge in [0.05, 0.1) is 5.76 Å². The third-order valence-corrected chi connectivity index (χ3v) is 3.51. The van der Waals surface area contributed by atoms with Gasteiger partial charge in [-0.05, 0) is 38.7 Å². The minimum Gasteiger partial charge on any atom is -0.491 e. The molecule has 1 aliphatic heterocycles. The molecule has 0 atom stereocenters. The van der Waals surface area contributed by atoms with Crippen LogP contribution >= 0.6 is 0 Å². The first-order valence-corrected chi connectivity index (χ1v) is 4.94. The lowest BCUT2D eigenvalue weighted by molar-refractivity contribution is -0.0333. The zero-order chi connectivity index (χ0) is 8.82. The summed E-state index contributed by atoms with van der Waals surface area (Å²) in [4.78, 5) is 0. The summed E-state index contributed by atoms with van der Waals surface area (Å²) in [6.07, 6.45) is 7.45. The molecule has 1 saturated carbocycles. The summed E-state index contributed by atoms with van der Waals surface area (Å²) in [6.45, 7) is 6.68. The minimum absolute atomic E-state index is 0.164. The van der Waals surface area contributed by atoms with E-state index in [1.807, 2.05) is 0 Å². The van der Waals surface area contributed by atoms with Crippen molar-refractivity contribution in [3.63, 3.8) is 0 Å². The number of rotatable bonds is 0. The first-order valence-electron chi connectivity index (χ1n) is 4.94. The highest BCUT2D eigenvalue weighted by Gasteiger charge is 2.51. The van der Waals surface area contributed by atoms with E-state index < -0.39 is 0 Å². The molecule has 0 radical (unpaired) electrons. The van der Waals surface area contributed by atoms with Crippen molar-refractivity contribution in [3.05, 3.63) is 11.8 Å². The molecule has 1 heterocycles. The normalized spacial score (nSPS) is 30.4. The Hall–Kier alpha value is -0.460. The number of allylic oxidation sites excluding steroid dienone is 1. The van der Waals surface area contributed by atoms with E-state index in [-0.39, 0.29) is 11.0 Å². The van der Waals surface area contributed by atoms with E-state index in [4.69, 9.17) is 4.74 Å². The average Bonchev–Trinajstić information content (AvgIpc) is 2.42. The maximum atomic E-state index is 5.99. The van der Waals surface area contributed by atoms with Crippen molar-refractivity contribution in [2.75, 3.05) is 0 Å². The molecule has 2 aliphatic rings. The first kappa shape index (κ1) is 8.15. The highest BCUT2D eigenvalue weighted by Crippen LogP contribution is 2.52. The summed E-state index contributed by atoms with van der Waals surface area (Å²) in [5.74, 6) is 1.13. The Balaban J connectivity index is 2.29. The van der Waals surface area contributed by atoms with E-state index in [0.29, 0.717) is 0 Å². The predicted octanol–water partition coefficient (Wildman–Crippen LogP) is 3.26. The Bertz CT molecular complexity index is 219. The van der Waals surface area contributed by atoms with Gasteiger partial charge in [-0.2, -0.15) is 0 Å². The molecule has 0 aromatic rings. The van der Waals surface area contributed by atoms with Crippen molar-refractivity contribution in [3.8, 4) is 0 Å². The van der Waals surface area contributed by atoms with Gasteiger partial charge in [-0.1, -0.05) is 13.8 Å². The standard InChI is InChI=1S/C11H18O/c1-9-8-10(2,3)11(12-9)6-4-5-7-11/h8H,4-7H2,1-3H3. The molecule has 68 valence electrons. The Morgan fingerprint density at radius 3 is 2.25 bits per heavy atom. The van der Waals surface area contributed by atoms with Gasteiger partial charge in [0.2, 0.25) is 0 Å². The van der Waals surface area contributed by atoms with Gasteiger partial charge in [0.25, 0.3) is 0 Å². The van der Waals surface area contributed by atoms with Crippen LogP contribution in [0.1, 0.15) is 46.5 Å². The van der Waals surface area contributed by atoms with E-state index in [1.54, 1.807) is 0 Å². The second-order valence-electron chi connectivity index (χ2n) is 4.78. The zero-order valence-corrected chi connectivity index (χ0v) is 8.31. The number of hydrogen-bond acceptors (Lipinski definition) is 1. The Morgan fingerprint density at radius 1 is 1.25 bits per heavy atom. The van der Waals surface area contributed by atoms with Crippen LogP contribution in [0.15, 0.2) is 11.8 Å². The van der Waals surface area contributed by atoms with Crippen LogP contribution in [0.2, 0.25) is 0 Å². The predicted molar refractivity (Wildman–Crippen MR) is 49.8 cm³/mol. The summed E-state index contributed by atoms with van der Waals surface area (Å²) in [6, 6.07) is 0. The third kappa shape index (κ3) is 0.917. The quantitative estimate of drug-likeness (QED) is 0.536. The van der Waals surface area contributed by atoms with Gasteiger partial charge in [-0.3, -0.25) is 0 Å². The molecule has 1 heteroatoms. The van der Waals surface area contributed by atoms with Gasteiger partial charge in [0, 0.05) is 5.41 Å². The van der Waals surface area contributed by atoms with E-state index in [0.717, 1.165) is 5.76 Å². The fourth-order valence-corrected chi connectivity index (χ4v) is 2.80. The van der Waals surface area contributed by atoms with Crippen molar-refractivity contribution in [2.24, 2.45) is 5.41 Å². The zero-order valence-electron chi connectivity index (χ0n) is 8.31. The molecule has 0 bridgehead atoms. The van der Waals surface area contributed by atoms with Crippen LogP contribution in [0.5, 0.6) is 0 Å². The second-order valence-corrected chi connectivity index (χ2v) is 4.78. The van der Waals surface area contributed by atoms with Gasteiger partial charge in [0.15, 0.2) is 0 Å². The molecule has 1 spiro atoms. The molecule has 1 fully saturated rings. The van der Waals surface area contributed by atoms with Crippen molar-refractivity contribution < 1.29 is 4.74 Å². The van der Waals surface area contributed by atoms with Crippen molar-refractivity contribution in [1.29, 1.82) is 0 Å². The Morgan fingerprint density at radius 2 is 1.83 bits per heavy atom. The average molecular weight is 166 g/mol. The molecule has 0 unspecified atom stereocenters. The fraction of sp³-hybridized carbons (Fsp3) is 0.818. The monoisotopic (exact) mass is 166 g/mol. The van der Waals surface area contributed by atoms with Crippen molar-refractivity contribution in [1.82, 2.24) is 0 Å². The summed E-state index contributed by atoms with van der Waals surface area (Å²) in [5.41, 5.74) is 0.421. The van der Waals surface area contributed by atoms with Gasteiger partial charge in [0.1, 0.15) is 5.60 Å². The second kappa shape index (κ2) is 2.27. The molecule has 1 aliphatic carbocycles. The van der Waals surface area contributed by atoms with E-state index in [2.05, 4.69) is 26.8 Å². The van der Waals surface area contributed by atoms with Crippen LogP contribution in [0, 0.1) is 5.41 Å². The van der Waals surface area contributed by atoms with Crippen molar-refractivity contribution in [2.45, 2.75) is 52.1 Å². The van der Waals surface area contributed by atoms with Crippen LogP contribution in [-0.2, 0) is 4.74 Å².